The van der Waals surface area contributed by atoms with Crippen LogP contribution in [0.5, 0.6) is 0 Å². The van der Waals surface area contributed by atoms with E-state index in [0.29, 0.717) is 18.2 Å². The van der Waals surface area contributed by atoms with E-state index in [1.807, 2.05) is 36.4 Å². The summed E-state index contributed by atoms with van der Waals surface area (Å²) in [5.41, 5.74) is 22.7. The zero-order chi connectivity index (χ0) is 41.0. The van der Waals surface area contributed by atoms with Gasteiger partial charge < -0.3 is 10.2 Å². The second kappa shape index (κ2) is 16.6. The monoisotopic (exact) mass is 783 g/mol. The normalized spacial score (nSPS) is 11.9. The number of amidine groups is 2. The maximum absolute atomic E-state index is 6.83. The Hall–Kier alpha value is -8.08. The van der Waals surface area contributed by atoms with Crippen LogP contribution in [0.4, 0.5) is 0 Å². The maximum Gasteiger partial charge on any atom is 0.157 e. The van der Waals surface area contributed by atoms with Gasteiger partial charge in [-0.15, -0.1) is 0 Å². The Labute approximate surface area is 355 Å². The summed E-state index contributed by atoms with van der Waals surface area (Å²) < 4.78 is 6.49. The van der Waals surface area contributed by atoms with Crippen LogP contribution in [-0.4, -0.2) is 11.7 Å². The van der Waals surface area contributed by atoms with Gasteiger partial charge in [0.05, 0.1) is 6.54 Å². The number of rotatable bonds is 9. The third-order valence-corrected chi connectivity index (χ3v) is 11.3. The first kappa shape index (κ1) is 37.2. The van der Waals surface area contributed by atoms with Gasteiger partial charge in [-0.05, 0) is 79.4 Å². The Kier molecular flexibility index (Phi) is 10.2. The fourth-order valence-electron chi connectivity index (χ4n) is 8.07. The molecule has 0 bridgehead atoms. The lowest BCUT2D eigenvalue weighted by Crippen LogP contribution is -2.16. The number of benzene rings is 9. The fraction of sp³-hybridized carbons (Fsp3) is 0.0175. The van der Waals surface area contributed by atoms with Crippen LogP contribution in [0, 0.1) is 0 Å². The molecule has 0 amide bonds. The van der Waals surface area contributed by atoms with Crippen LogP contribution >= 0.6 is 0 Å². The van der Waals surface area contributed by atoms with Gasteiger partial charge in [-0.2, -0.15) is 0 Å². The molecule has 1 aromatic heterocycles. The van der Waals surface area contributed by atoms with Gasteiger partial charge in [-0.25, -0.2) is 4.99 Å². The van der Waals surface area contributed by atoms with Gasteiger partial charge in [0.2, 0.25) is 0 Å². The van der Waals surface area contributed by atoms with Crippen molar-refractivity contribution < 1.29 is 4.42 Å². The molecule has 0 aliphatic rings. The van der Waals surface area contributed by atoms with Crippen molar-refractivity contribution >= 4 is 33.6 Å². The molecule has 0 atom stereocenters. The molecule has 4 heteroatoms. The maximum atomic E-state index is 6.83. The molecule has 290 valence electrons. The lowest BCUT2D eigenvalue weighted by molar-refractivity contribution is 0.669. The number of nitrogens with zero attached hydrogens (tertiary/aromatic N) is 2. The van der Waals surface area contributed by atoms with Crippen LogP contribution in [0.1, 0.15) is 16.7 Å². The minimum Gasteiger partial charge on any atom is -0.456 e. The third kappa shape index (κ3) is 7.78. The molecule has 0 unspecified atom stereocenters. The summed E-state index contributed by atoms with van der Waals surface area (Å²) >= 11 is 0. The average molecular weight is 784 g/mol. The minimum absolute atomic E-state index is 0.394. The highest BCUT2D eigenvalue weighted by Crippen LogP contribution is 2.39. The minimum atomic E-state index is 0.394. The van der Waals surface area contributed by atoms with E-state index in [-0.39, 0.29) is 0 Å². The van der Waals surface area contributed by atoms with Crippen LogP contribution in [0.3, 0.4) is 0 Å². The van der Waals surface area contributed by atoms with Crippen molar-refractivity contribution in [1.29, 1.82) is 0 Å². The molecule has 0 spiro atoms. The Morgan fingerprint density at radius 1 is 0.393 bits per heavy atom. The highest BCUT2D eigenvalue weighted by atomic mass is 16.3. The molecule has 0 radical (unpaired) electrons. The predicted octanol–water partition coefficient (Wildman–Crippen LogP) is 14.3. The lowest BCUT2D eigenvalue weighted by atomic mass is 9.95. The van der Waals surface area contributed by atoms with Gasteiger partial charge in [0, 0.05) is 21.9 Å². The van der Waals surface area contributed by atoms with Crippen molar-refractivity contribution in [1.82, 2.24) is 0 Å². The fourth-order valence-corrected chi connectivity index (χ4v) is 8.07. The smallest absolute Gasteiger partial charge is 0.157 e. The van der Waals surface area contributed by atoms with E-state index in [2.05, 4.69) is 188 Å². The highest BCUT2D eigenvalue weighted by molar-refractivity contribution is 6.14. The van der Waals surface area contributed by atoms with Gasteiger partial charge in [0.25, 0.3) is 0 Å². The van der Waals surface area contributed by atoms with Crippen molar-refractivity contribution in [3.8, 4) is 55.6 Å². The number of hydrogen-bond donors (Lipinski definition) is 1. The van der Waals surface area contributed by atoms with E-state index in [9.17, 15) is 0 Å². The Bertz CT molecular complexity index is 3170. The summed E-state index contributed by atoms with van der Waals surface area (Å²) in [7, 11) is 0. The number of fused-ring (bicyclic) bond motifs is 3. The van der Waals surface area contributed by atoms with Crippen LogP contribution < -0.4 is 5.73 Å². The van der Waals surface area contributed by atoms with Crippen molar-refractivity contribution in [2.24, 2.45) is 15.7 Å². The zero-order valence-electron chi connectivity index (χ0n) is 33.4. The Morgan fingerprint density at radius 3 is 1.44 bits per heavy atom. The number of hydrogen-bond acceptors (Lipinski definition) is 2. The van der Waals surface area contributed by atoms with Gasteiger partial charge in [-0.1, -0.05) is 206 Å². The number of aliphatic imine (C=N–C) groups is 2. The van der Waals surface area contributed by atoms with Gasteiger partial charge in [0.1, 0.15) is 17.0 Å². The van der Waals surface area contributed by atoms with Gasteiger partial charge >= 0.3 is 0 Å². The van der Waals surface area contributed by atoms with E-state index in [1.165, 1.54) is 11.1 Å². The third-order valence-electron chi connectivity index (χ3n) is 11.3. The molecular formula is C57H41N3O. The molecule has 61 heavy (non-hydrogen) atoms. The van der Waals surface area contributed by atoms with Gasteiger partial charge in [-0.3, -0.25) is 4.99 Å². The summed E-state index contributed by atoms with van der Waals surface area (Å²) in [6.45, 7) is 0.394. The van der Waals surface area contributed by atoms with E-state index < -0.39 is 0 Å². The Balaban J connectivity index is 0.989. The first-order valence-electron chi connectivity index (χ1n) is 20.5. The van der Waals surface area contributed by atoms with Crippen molar-refractivity contribution in [2.45, 2.75) is 6.54 Å². The zero-order valence-corrected chi connectivity index (χ0v) is 33.4. The first-order chi connectivity index (χ1) is 30.1. The van der Waals surface area contributed by atoms with Crippen LogP contribution in [0.15, 0.2) is 239 Å². The van der Waals surface area contributed by atoms with E-state index in [0.717, 1.165) is 83.1 Å². The van der Waals surface area contributed by atoms with Crippen molar-refractivity contribution in [2.75, 3.05) is 0 Å². The molecule has 4 nitrogen and oxygen atoms in total. The van der Waals surface area contributed by atoms with Crippen LogP contribution in [0.2, 0.25) is 0 Å². The van der Waals surface area contributed by atoms with Crippen LogP contribution in [-0.2, 0) is 6.54 Å². The molecule has 0 saturated carbocycles. The molecule has 9 aromatic carbocycles. The second-order valence-electron chi connectivity index (χ2n) is 15.1. The summed E-state index contributed by atoms with van der Waals surface area (Å²) in [6, 6.07) is 77.7. The molecule has 10 aromatic rings. The first-order valence-corrected chi connectivity index (χ1v) is 20.5. The topological polar surface area (TPSA) is 63.9 Å². The Morgan fingerprint density at radius 2 is 0.852 bits per heavy atom. The predicted molar refractivity (Wildman–Crippen MR) is 255 cm³/mol. The standard InChI is InChI=1S/C57H41N3O/c58-56(46-31-27-45(28-32-46)44-25-23-42(24-26-44)39-13-4-1-5-14-39)60-57(47-33-29-43(30-34-47)40-15-6-2-7-16-40)59-38-49-19-10-11-20-50(49)51-21-12-22-53-55(51)52-36-35-48(37-54(52)61-53)41-17-8-3-9-18-41/h1-37H,38H2,(H2,58,59,60). The summed E-state index contributed by atoms with van der Waals surface area (Å²) in [5.74, 6) is 0.961. The van der Waals surface area contributed by atoms with E-state index in [4.69, 9.17) is 20.1 Å². The van der Waals surface area contributed by atoms with E-state index >= 15 is 0 Å². The summed E-state index contributed by atoms with van der Waals surface area (Å²) in [6.07, 6.45) is 0. The quantitative estimate of drug-likeness (QED) is 0.117. The molecule has 1 heterocycles. The highest BCUT2D eigenvalue weighted by Gasteiger charge is 2.16. The molecular weight excluding hydrogens is 743 g/mol. The summed E-state index contributed by atoms with van der Waals surface area (Å²) in [4.78, 5) is 10.2. The number of furan rings is 1. The average Bonchev–Trinajstić information content (AvgIpc) is 3.72. The summed E-state index contributed by atoms with van der Waals surface area (Å²) in [5, 5.41) is 2.17. The van der Waals surface area contributed by atoms with E-state index in [1.54, 1.807) is 0 Å². The molecule has 0 aliphatic heterocycles. The molecule has 0 fully saturated rings. The van der Waals surface area contributed by atoms with Crippen molar-refractivity contribution in [3.63, 3.8) is 0 Å². The SMILES string of the molecule is NC(=NC(=NCc1ccccc1-c1cccc2oc3cc(-c4ccccc4)ccc3c12)c1ccc(-c2ccccc2)cc1)c1ccc(-c2ccc(-c3ccccc3)cc2)cc1. The van der Waals surface area contributed by atoms with Crippen LogP contribution in [0.25, 0.3) is 77.6 Å². The number of nitrogens with two attached hydrogens (primary N) is 1. The molecule has 10 rings (SSSR count). The molecule has 2 N–H and O–H groups in total. The molecule has 0 aliphatic carbocycles. The van der Waals surface area contributed by atoms with Gasteiger partial charge in [0.15, 0.2) is 5.84 Å². The lowest BCUT2D eigenvalue weighted by Gasteiger charge is -2.11. The second-order valence-corrected chi connectivity index (χ2v) is 15.1. The molecule has 0 saturated heterocycles. The van der Waals surface area contributed by atoms with Crippen molar-refractivity contribution in [3.05, 3.63) is 241 Å². The largest absolute Gasteiger partial charge is 0.456 e.